The predicted octanol–water partition coefficient (Wildman–Crippen LogP) is 3.76. The Morgan fingerprint density at radius 3 is 2.33 bits per heavy atom. The van der Waals surface area contributed by atoms with Crippen LogP contribution in [0.3, 0.4) is 0 Å². The number of hydrogen-bond acceptors (Lipinski definition) is 3. The van der Waals surface area contributed by atoms with Crippen molar-refractivity contribution >= 4 is 40.7 Å². The highest BCUT2D eigenvalue weighted by atomic mass is 35.5. The molecule has 1 aliphatic rings. The lowest BCUT2D eigenvalue weighted by molar-refractivity contribution is -0.122. The summed E-state index contributed by atoms with van der Waals surface area (Å²) in [4.78, 5) is 28.2. The summed E-state index contributed by atoms with van der Waals surface area (Å²) in [6, 6.07) is 14.0. The summed E-state index contributed by atoms with van der Waals surface area (Å²) in [5, 5.41) is 0.776. The smallest absolute Gasteiger partial charge is 0.251 e. The van der Waals surface area contributed by atoms with Gasteiger partial charge in [-0.15, -0.1) is 0 Å². The van der Waals surface area contributed by atoms with Crippen LogP contribution in [0.2, 0.25) is 10.0 Å². The number of halogens is 2. The van der Waals surface area contributed by atoms with Crippen LogP contribution in [-0.2, 0) is 16.1 Å². The van der Waals surface area contributed by atoms with E-state index in [1.165, 1.54) is 4.90 Å². The minimum atomic E-state index is -0.490. The number of carbonyl (C=O) groups is 2. The fourth-order valence-electron chi connectivity index (χ4n) is 2.88. The third kappa shape index (κ3) is 3.46. The Kier molecular flexibility index (Phi) is 4.90. The van der Waals surface area contributed by atoms with Crippen molar-refractivity contribution in [2.45, 2.75) is 19.0 Å². The van der Waals surface area contributed by atoms with Gasteiger partial charge in [-0.2, -0.15) is 0 Å². The van der Waals surface area contributed by atoms with Gasteiger partial charge in [0.2, 0.25) is 5.91 Å². The van der Waals surface area contributed by atoms with Crippen molar-refractivity contribution in [3.05, 3.63) is 64.1 Å². The number of anilines is 1. The van der Waals surface area contributed by atoms with Crippen LogP contribution < -0.4 is 4.90 Å². The standard InChI is InChI=1S/C18H16Cl2N2O2/c1-21(11-12-5-3-2-4-6-12)16-10-17(23)22(18(16)24)15-8-13(19)7-14(20)9-15/h2-9,16H,10-11H2,1H3/t16-/m0/s1. The SMILES string of the molecule is CN(Cc1ccccc1)[C@H]1CC(=O)N(c2cc(Cl)cc(Cl)c2)C1=O. The molecule has 6 heteroatoms. The van der Waals surface area contributed by atoms with Crippen LogP contribution in [0.15, 0.2) is 48.5 Å². The van der Waals surface area contributed by atoms with Crippen molar-refractivity contribution in [1.29, 1.82) is 0 Å². The van der Waals surface area contributed by atoms with Gasteiger partial charge in [0.15, 0.2) is 0 Å². The van der Waals surface area contributed by atoms with Crippen molar-refractivity contribution in [3.63, 3.8) is 0 Å². The molecule has 2 aromatic carbocycles. The minimum absolute atomic E-state index is 0.145. The fraction of sp³-hybridized carbons (Fsp3) is 0.222. The lowest BCUT2D eigenvalue weighted by Crippen LogP contribution is -2.39. The average molecular weight is 363 g/mol. The van der Waals surface area contributed by atoms with Gasteiger partial charge in [0.05, 0.1) is 18.2 Å². The molecule has 0 unspecified atom stereocenters. The van der Waals surface area contributed by atoms with E-state index < -0.39 is 6.04 Å². The number of rotatable bonds is 4. The Labute approximate surface area is 150 Å². The number of nitrogens with zero attached hydrogens (tertiary/aromatic N) is 2. The number of likely N-dealkylation sites (N-methyl/N-ethyl adjacent to an activating group) is 1. The molecule has 0 N–H and O–H groups in total. The molecule has 0 bridgehead atoms. The molecule has 1 heterocycles. The number of amides is 2. The molecule has 0 aromatic heterocycles. The lowest BCUT2D eigenvalue weighted by Gasteiger charge is -2.23. The first kappa shape index (κ1) is 17.0. The minimum Gasteiger partial charge on any atom is -0.290 e. The van der Waals surface area contributed by atoms with Gasteiger partial charge in [0.25, 0.3) is 5.91 Å². The van der Waals surface area contributed by atoms with Crippen molar-refractivity contribution in [3.8, 4) is 0 Å². The number of benzene rings is 2. The van der Waals surface area contributed by atoms with Crippen molar-refractivity contribution in [2.24, 2.45) is 0 Å². The maximum Gasteiger partial charge on any atom is 0.251 e. The van der Waals surface area contributed by atoms with Crippen LogP contribution in [0, 0.1) is 0 Å². The van der Waals surface area contributed by atoms with Crippen LogP contribution in [0.1, 0.15) is 12.0 Å². The Bertz CT molecular complexity index is 760. The summed E-state index contributed by atoms with van der Waals surface area (Å²) in [7, 11) is 1.84. The van der Waals surface area contributed by atoms with E-state index in [4.69, 9.17) is 23.2 Å². The average Bonchev–Trinajstić information content (AvgIpc) is 2.82. The summed E-state index contributed by atoms with van der Waals surface area (Å²) in [6.07, 6.45) is 0.145. The van der Waals surface area contributed by atoms with Gasteiger partial charge in [-0.1, -0.05) is 53.5 Å². The molecule has 2 aromatic rings. The van der Waals surface area contributed by atoms with Gasteiger partial charge in [0.1, 0.15) is 0 Å². The first-order valence-electron chi connectivity index (χ1n) is 7.53. The third-order valence-corrected chi connectivity index (χ3v) is 4.47. The Balaban J connectivity index is 1.81. The van der Waals surface area contributed by atoms with Crippen LogP contribution in [0.4, 0.5) is 5.69 Å². The van der Waals surface area contributed by atoms with E-state index in [-0.39, 0.29) is 18.2 Å². The van der Waals surface area contributed by atoms with E-state index in [0.29, 0.717) is 22.3 Å². The van der Waals surface area contributed by atoms with E-state index in [0.717, 1.165) is 5.56 Å². The summed E-state index contributed by atoms with van der Waals surface area (Å²) in [5.74, 6) is -0.500. The summed E-state index contributed by atoms with van der Waals surface area (Å²) in [5.41, 5.74) is 1.50. The van der Waals surface area contributed by atoms with Crippen LogP contribution >= 0.6 is 23.2 Å². The molecule has 4 nitrogen and oxygen atoms in total. The van der Waals surface area contributed by atoms with E-state index in [9.17, 15) is 9.59 Å². The van der Waals surface area contributed by atoms with Crippen molar-refractivity contribution in [2.75, 3.05) is 11.9 Å². The normalized spacial score (nSPS) is 17.8. The largest absolute Gasteiger partial charge is 0.290 e. The molecule has 1 atom stereocenters. The van der Waals surface area contributed by atoms with Crippen molar-refractivity contribution in [1.82, 2.24) is 4.90 Å². The molecular weight excluding hydrogens is 347 g/mol. The second kappa shape index (κ2) is 6.93. The van der Waals surface area contributed by atoms with E-state index in [1.807, 2.05) is 42.3 Å². The zero-order valence-corrected chi connectivity index (χ0v) is 14.6. The quantitative estimate of drug-likeness (QED) is 0.777. The van der Waals surface area contributed by atoms with Crippen LogP contribution in [0.25, 0.3) is 0 Å². The number of hydrogen-bond donors (Lipinski definition) is 0. The zero-order valence-electron chi connectivity index (χ0n) is 13.1. The first-order valence-corrected chi connectivity index (χ1v) is 8.28. The number of carbonyl (C=O) groups excluding carboxylic acids is 2. The van der Waals surface area contributed by atoms with E-state index in [1.54, 1.807) is 18.2 Å². The molecular formula is C18H16Cl2N2O2. The Morgan fingerprint density at radius 1 is 1.08 bits per heavy atom. The van der Waals surface area contributed by atoms with Crippen LogP contribution in [0.5, 0.6) is 0 Å². The lowest BCUT2D eigenvalue weighted by atomic mass is 10.1. The topological polar surface area (TPSA) is 40.6 Å². The van der Waals surface area contributed by atoms with Gasteiger partial charge >= 0.3 is 0 Å². The van der Waals surface area contributed by atoms with Gasteiger partial charge in [-0.25, -0.2) is 4.90 Å². The molecule has 124 valence electrons. The maximum absolute atomic E-state index is 12.7. The zero-order chi connectivity index (χ0) is 17.3. The molecule has 3 rings (SSSR count). The maximum atomic E-state index is 12.7. The molecule has 1 aliphatic heterocycles. The highest BCUT2D eigenvalue weighted by molar-refractivity contribution is 6.35. The summed E-state index contributed by atoms with van der Waals surface area (Å²) in [6.45, 7) is 0.592. The monoisotopic (exact) mass is 362 g/mol. The summed E-state index contributed by atoms with van der Waals surface area (Å²) >= 11 is 12.0. The van der Waals surface area contributed by atoms with Gasteiger partial charge in [-0.3, -0.25) is 14.5 Å². The van der Waals surface area contributed by atoms with Gasteiger partial charge in [0, 0.05) is 16.6 Å². The third-order valence-electron chi connectivity index (χ3n) is 4.04. The van der Waals surface area contributed by atoms with E-state index >= 15 is 0 Å². The highest BCUT2D eigenvalue weighted by Crippen LogP contribution is 2.30. The number of imide groups is 1. The van der Waals surface area contributed by atoms with Gasteiger partial charge in [-0.05, 0) is 30.8 Å². The molecule has 0 aliphatic carbocycles. The molecule has 0 spiro atoms. The molecule has 1 fully saturated rings. The van der Waals surface area contributed by atoms with Crippen LogP contribution in [-0.4, -0.2) is 29.8 Å². The second-order valence-electron chi connectivity index (χ2n) is 5.82. The Morgan fingerprint density at radius 2 is 1.71 bits per heavy atom. The molecule has 0 saturated carbocycles. The fourth-order valence-corrected chi connectivity index (χ4v) is 3.40. The Hall–Kier alpha value is -1.88. The van der Waals surface area contributed by atoms with Crippen molar-refractivity contribution < 1.29 is 9.59 Å². The van der Waals surface area contributed by atoms with E-state index in [2.05, 4.69) is 0 Å². The molecule has 1 saturated heterocycles. The second-order valence-corrected chi connectivity index (χ2v) is 6.69. The highest BCUT2D eigenvalue weighted by Gasteiger charge is 2.41. The van der Waals surface area contributed by atoms with Gasteiger partial charge < -0.3 is 0 Å². The molecule has 2 amide bonds. The molecule has 0 radical (unpaired) electrons. The summed E-state index contributed by atoms with van der Waals surface area (Å²) < 4.78 is 0. The molecule has 24 heavy (non-hydrogen) atoms. The first-order chi connectivity index (χ1) is 11.5. The predicted molar refractivity (Wildman–Crippen MR) is 95.3 cm³/mol.